The van der Waals surface area contributed by atoms with Crippen LogP contribution in [-0.4, -0.2) is 44.3 Å². The van der Waals surface area contributed by atoms with Crippen molar-refractivity contribution < 1.29 is 23.9 Å². The first-order chi connectivity index (χ1) is 21.5. The number of alkyl halides is 2. The Bertz CT molecular complexity index is 1860. The number of aromatic nitrogens is 1. The highest BCUT2D eigenvalue weighted by Gasteiger charge is 2.66. The van der Waals surface area contributed by atoms with E-state index in [2.05, 4.69) is 47.8 Å². The number of pyridine rings is 1. The number of nitrogens with zero attached hydrogens (tertiary/aromatic N) is 2. The molecule has 3 aliphatic rings. The number of ketones is 1. The zero-order valence-corrected chi connectivity index (χ0v) is 29.0. The van der Waals surface area contributed by atoms with E-state index in [1.807, 2.05) is 25.1 Å². The molecule has 1 saturated heterocycles. The summed E-state index contributed by atoms with van der Waals surface area (Å²) in [4.78, 5) is 60.0. The van der Waals surface area contributed by atoms with Crippen LogP contribution >= 0.6 is 47.8 Å². The van der Waals surface area contributed by atoms with Crippen molar-refractivity contribution in [2.45, 2.75) is 36.0 Å². The zero-order chi connectivity index (χ0) is 31.7. The van der Waals surface area contributed by atoms with Crippen LogP contribution in [-0.2, 0) is 14.3 Å². The molecular weight excluding hydrogens is 768 g/mol. The molecule has 7 unspecified atom stereocenters. The molecule has 10 heteroatoms. The molecule has 7 atom stereocenters. The number of aryl methyl sites for hydroxylation is 1. The predicted octanol–water partition coefficient (Wildman–Crippen LogP) is 7.68. The maximum absolute atomic E-state index is 13.5. The highest BCUT2D eigenvalue weighted by atomic mass is 79.9. The molecule has 1 aliphatic heterocycles. The fourth-order valence-electron chi connectivity index (χ4n) is 7.13. The van der Waals surface area contributed by atoms with Crippen molar-refractivity contribution in [2.24, 2.45) is 23.7 Å². The number of hydrogen-bond donors (Lipinski definition) is 0. The molecule has 45 heavy (non-hydrogen) atoms. The summed E-state index contributed by atoms with van der Waals surface area (Å²) in [5.74, 6) is -1.52. The molecule has 1 aromatic heterocycles. The Labute approximate surface area is 285 Å². The third-order valence-corrected chi connectivity index (χ3v) is 13.1. The van der Waals surface area contributed by atoms with Gasteiger partial charge in [-0.25, -0.2) is 9.78 Å². The van der Waals surface area contributed by atoms with Crippen LogP contribution < -0.4 is 4.90 Å². The molecule has 0 radical (unpaired) electrons. The van der Waals surface area contributed by atoms with Crippen molar-refractivity contribution in [3.05, 3.63) is 94.0 Å². The van der Waals surface area contributed by atoms with E-state index in [0.717, 1.165) is 16.5 Å². The molecule has 228 valence electrons. The quantitative estimate of drug-likeness (QED) is 0.0861. The number of anilines is 1. The van der Waals surface area contributed by atoms with Crippen molar-refractivity contribution >= 4 is 87.9 Å². The number of esters is 1. The number of hydrogen-bond acceptors (Lipinski definition) is 6. The third-order valence-electron chi connectivity index (χ3n) is 9.39. The predicted molar refractivity (Wildman–Crippen MR) is 182 cm³/mol. The summed E-state index contributed by atoms with van der Waals surface area (Å²) in [5.41, 5.74) is 4.07. The van der Waals surface area contributed by atoms with Gasteiger partial charge in [-0.2, -0.15) is 0 Å². The molecule has 7 rings (SSSR count). The standard InChI is InChI=1S/C35H27Br3N2O5/c1-16-3-5-19(6-4-16)32(41)17(2)45-35(44)23-15-27(39-26-12-9-20(36)13-22(23)26)18-7-10-21(11-8-18)40-33(42)28-24-14-25(29(28)34(40)43)31(38)30(24)37/h3-13,15,17,24-25,28-31H,14H2,1-2H3. The molecule has 2 bridgehead atoms. The number of benzene rings is 3. The van der Waals surface area contributed by atoms with Gasteiger partial charge in [-0.1, -0.05) is 89.8 Å². The van der Waals surface area contributed by atoms with Gasteiger partial charge in [-0.15, -0.1) is 0 Å². The van der Waals surface area contributed by atoms with Gasteiger partial charge in [0.15, 0.2) is 6.10 Å². The van der Waals surface area contributed by atoms with Crippen LogP contribution in [0.25, 0.3) is 22.2 Å². The Morgan fingerprint density at radius 1 is 0.889 bits per heavy atom. The molecule has 0 N–H and O–H groups in total. The number of fused-ring (bicyclic) bond motifs is 6. The summed E-state index contributed by atoms with van der Waals surface area (Å²) in [5, 5.41) is 0.578. The molecule has 3 aromatic carbocycles. The number of halogens is 3. The van der Waals surface area contributed by atoms with Crippen molar-refractivity contribution in [3.8, 4) is 11.3 Å². The fraction of sp³-hybridized carbons (Fsp3) is 0.286. The van der Waals surface area contributed by atoms with Crippen LogP contribution in [0.4, 0.5) is 5.69 Å². The van der Waals surface area contributed by atoms with Gasteiger partial charge in [-0.05, 0) is 68.5 Å². The Hall–Kier alpha value is -3.21. The largest absolute Gasteiger partial charge is 0.451 e. The first kappa shape index (κ1) is 30.4. The lowest BCUT2D eigenvalue weighted by atomic mass is 9.81. The normalized spacial score (nSPS) is 25.9. The highest BCUT2D eigenvalue weighted by Crippen LogP contribution is 2.60. The first-order valence-corrected chi connectivity index (χ1v) is 17.3. The van der Waals surface area contributed by atoms with Crippen LogP contribution in [0.5, 0.6) is 0 Å². The number of carbonyl (C=O) groups excluding carboxylic acids is 4. The van der Waals surface area contributed by atoms with Gasteiger partial charge in [0.05, 0.1) is 34.3 Å². The van der Waals surface area contributed by atoms with Crippen LogP contribution in [0.3, 0.4) is 0 Å². The number of rotatable bonds is 6. The third kappa shape index (κ3) is 5.09. The summed E-state index contributed by atoms with van der Waals surface area (Å²) in [6.07, 6.45) is -0.123. The minimum absolute atomic E-state index is 0.136. The molecule has 2 saturated carbocycles. The average Bonchev–Trinajstić information content (AvgIpc) is 3.65. The highest BCUT2D eigenvalue weighted by molar-refractivity contribution is 9.12. The summed E-state index contributed by atoms with van der Waals surface area (Å²) in [7, 11) is 0. The second-order valence-corrected chi connectivity index (χ2v) is 15.1. The SMILES string of the molecule is Cc1ccc(C(=O)C(C)OC(=O)c2cc(-c3ccc(N4C(=O)C5C6CC(C(Br)C6Br)C5C4=O)cc3)nc3ccc(Br)cc23)cc1. The molecule has 7 nitrogen and oxygen atoms in total. The zero-order valence-electron chi connectivity index (χ0n) is 24.2. The molecule has 2 amide bonds. The number of carbonyl (C=O) groups is 4. The van der Waals surface area contributed by atoms with E-state index in [9.17, 15) is 19.2 Å². The van der Waals surface area contributed by atoms with Gasteiger partial charge in [0.25, 0.3) is 0 Å². The Morgan fingerprint density at radius 3 is 2.13 bits per heavy atom. The molecule has 0 spiro atoms. The molecule has 2 aliphatic carbocycles. The van der Waals surface area contributed by atoms with E-state index in [1.165, 1.54) is 4.90 Å². The van der Waals surface area contributed by atoms with Gasteiger partial charge < -0.3 is 4.74 Å². The second-order valence-electron chi connectivity index (χ2n) is 12.1. The lowest BCUT2D eigenvalue weighted by Crippen LogP contribution is -2.37. The van der Waals surface area contributed by atoms with Crippen molar-refractivity contribution in [1.29, 1.82) is 0 Å². The number of ether oxygens (including phenoxy) is 1. The lowest BCUT2D eigenvalue weighted by Gasteiger charge is -2.28. The van der Waals surface area contributed by atoms with Crippen LogP contribution in [0.1, 0.15) is 39.6 Å². The van der Waals surface area contributed by atoms with E-state index >= 15 is 0 Å². The summed E-state index contributed by atoms with van der Waals surface area (Å²) < 4.78 is 6.45. The first-order valence-electron chi connectivity index (χ1n) is 14.7. The van der Waals surface area contributed by atoms with E-state index in [-0.39, 0.29) is 56.5 Å². The van der Waals surface area contributed by atoms with Crippen LogP contribution in [0.15, 0.2) is 77.3 Å². The van der Waals surface area contributed by atoms with Crippen molar-refractivity contribution in [1.82, 2.24) is 4.98 Å². The van der Waals surface area contributed by atoms with Crippen LogP contribution in [0, 0.1) is 30.6 Å². The molecule has 4 aromatic rings. The summed E-state index contributed by atoms with van der Waals surface area (Å²) in [6, 6.07) is 21.3. The Morgan fingerprint density at radius 2 is 1.51 bits per heavy atom. The lowest BCUT2D eigenvalue weighted by molar-refractivity contribution is -0.123. The molecular formula is C35H27Br3N2O5. The van der Waals surface area contributed by atoms with E-state index in [4.69, 9.17) is 9.72 Å². The maximum atomic E-state index is 13.5. The van der Waals surface area contributed by atoms with Gasteiger partial charge >= 0.3 is 5.97 Å². The van der Waals surface area contributed by atoms with Crippen molar-refractivity contribution in [2.75, 3.05) is 4.90 Å². The average molecular weight is 795 g/mol. The smallest absolute Gasteiger partial charge is 0.339 e. The Balaban J connectivity index is 1.17. The fourth-order valence-corrected chi connectivity index (χ4v) is 9.36. The molecule has 2 heterocycles. The maximum Gasteiger partial charge on any atom is 0.339 e. The minimum Gasteiger partial charge on any atom is -0.451 e. The summed E-state index contributed by atoms with van der Waals surface area (Å²) in [6.45, 7) is 3.50. The van der Waals surface area contributed by atoms with E-state index < -0.39 is 12.1 Å². The van der Waals surface area contributed by atoms with Gasteiger partial charge in [0, 0.05) is 30.6 Å². The minimum atomic E-state index is -0.997. The van der Waals surface area contributed by atoms with E-state index in [0.29, 0.717) is 33.4 Å². The monoisotopic (exact) mass is 792 g/mol. The van der Waals surface area contributed by atoms with Crippen LogP contribution in [0.2, 0.25) is 0 Å². The van der Waals surface area contributed by atoms with E-state index in [1.54, 1.807) is 61.5 Å². The number of imide groups is 1. The number of Topliss-reactive ketones (excluding diaryl/α,β-unsaturated/α-hetero) is 1. The summed E-state index contributed by atoms with van der Waals surface area (Å²) >= 11 is 11.0. The van der Waals surface area contributed by atoms with Gasteiger partial charge in [0.2, 0.25) is 17.6 Å². The second kappa shape index (κ2) is 11.5. The van der Waals surface area contributed by atoms with Crippen molar-refractivity contribution in [3.63, 3.8) is 0 Å². The number of amides is 2. The van der Waals surface area contributed by atoms with Gasteiger partial charge in [-0.3, -0.25) is 19.3 Å². The van der Waals surface area contributed by atoms with Gasteiger partial charge in [0.1, 0.15) is 0 Å². The topological polar surface area (TPSA) is 93.6 Å². The Kier molecular flexibility index (Phi) is 7.81. The molecule has 3 fully saturated rings.